The van der Waals surface area contributed by atoms with Crippen molar-refractivity contribution in [1.29, 1.82) is 0 Å². The van der Waals surface area contributed by atoms with E-state index in [-0.39, 0.29) is 5.54 Å². The Morgan fingerprint density at radius 2 is 1.73 bits per heavy atom. The molecule has 4 bridgehead atoms. The summed E-state index contributed by atoms with van der Waals surface area (Å²) < 4.78 is 1.13. The Kier molecular flexibility index (Phi) is 3.60. The molecule has 3 heteroatoms. The molecule has 5 rings (SSSR count). The molecule has 4 fully saturated rings. The molecule has 0 saturated heterocycles. The van der Waals surface area contributed by atoms with Crippen LogP contribution < -0.4 is 5.32 Å². The first-order valence-electron chi connectivity index (χ1n) is 8.61. The number of amidine groups is 1. The minimum absolute atomic E-state index is 0.259. The van der Waals surface area contributed by atoms with Crippen molar-refractivity contribution in [1.82, 2.24) is 0 Å². The third-order valence-electron chi connectivity index (χ3n) is 5.91. The summed E-state index contributed by atoms with van der Waals surface area (Å²) in [4.78, 5) is 5.22. The fourth-order valence-corrected chi connectivity index (χ4v) is 6.02. The Morgan fingerprint density at radius 1 is 1.14 bits per heavy atom. The number of aryl methyl sites for hydroxylation is 1. The van der Waals surface area contributed by atoms with Crippen molar-refractivity contribution in [3.8, 4) is 0 Å². The molecule has 0 unspecified atom stereocenters. The van der Waals surface area contributed by atoms with E-state index in [9.17, 15) is 0 Å². The fraction of sp³-hybridized carbons (Fsp3) is 0.632. The molecule has 1 N–H and O–H groups in total. The highest BCUT2D eigenvalue weighted by Crippen LogP contribution is 2.57. The Labute approximate surface area is 141 Å². The van der Waals surface area contributed by atoms with Crippen molar-refractivity contribution in [3.63, 3.8) is 0 Å². The average Bonchev–Trinajstić information content (AvgIpc) is 2.39. The van der Waals surface area contributed by atoms with Gasteiger partial charge in [-0.25, -0.2) is 0 Å². The Balaban J connectivity index is 1.54. The molecule has 0 heterocycles. The molecule has 2 nitrogen and oxygen atoms in total. The van der Waals surface area contributed by atoms with Crippen molar-refractivity contribution in [2.24, 2.45) is 22.7 Å². The van der Waals surface area contributed by atoms with E-state index in [1.165, 1.54) is 49.8 Å². The number of rotatable bonds is 2. The van der Waals surface area contributed by atoms with E-state index >= 15 is 0 Å². The lowest BCUT2D eigenvalue weighted by Crippen LogP contribution is -2.49. The quantitative estimate of drug-likeness (QED) is 0.542. The highest BCUT2D eigenvalue weighted by atomic mass is 79.9. The molecule has 4 saturated carbocycles. The van der Waals surface area contributed by atoms with Crippen LogP contribution >= 0.6 is 15.9 Å². The van der Waals surface area contributed by atoms with Crippen LogP contribution in [0.25, 0.3) is 0 Å². The van der Waals surface area contributed by atoms with Crippen LogP contribution in [-0.4, -0.2) is 11.4 Å². The van der Waals surface area contributed by atoms with Crippen LogP contribution in [0.2, 0.25) is 0 Å². The maximum absolute atomic E-state index is 5.22. The number of nitrogens with zero attached hydrogens (tertiary/aromatic N) is 1. The first-order valence-corrected chi connectivity index (χ1v) is 9.40. The number of halogens is 1. The Hall–Kier alpha value is -0.830. The van der Waals surface area contributed by atoms with Crippen molar-refractivity contribution >= 4 is 27.5 Å². The lowest BCUT2D eigenvalue weighted by molar-refractivity contribution is 0.00167. The van der Waals surface area contributed by atoms with E-state index < -0.39 is 0 Å². The van der Waals surface area contributed by atoms with E-state index in [2.05, 4.69) is 53.3 Å². The summed E-state index contributed by atoms with van der Waals surface area (Å²) in [6.07, 6.45) is 8.43. The summed E-state index contributed by atoms with van der Waals surface area (Å²) >= 11 is 3.53. The maximum Gasteiger partial charge on any atom is 0.0982 e. The van der Waals surface area contributed by atoms with E-state index in [0.717, 1.165) is 28.1 Å². The van der Waals surface area contributed by atoms with E-state index in [4.69, 9.17) is 4.99 Å². The second-order valence-electron chi connectivity index (χ2n) is 7.92. The molecule has 1 aromatic rings. The summed E-state index contributed by atoms with van der Waals surface area (Å²) in [6, 6.07) is 6.38. The molecular weight excluding hydrogens is 336 g/mol. The summed E-state index contributed by atoms with van der Waals surface area (Å²) in [5.74, 6) is 3.96. The van der Waals surface area contributed by atoms with Crippen LogP contribution in [0.4, 0.5) is 5.69 Å². The number of hydrogen-bond acceptors (Lipinski definition) is 1. The number of anilines is 1. The largest absolute Gasteiger partial charge is 0.344 e. The molecule has 4 aliphatic carbocycles. The average molecular weight is 361 g/mol. The van der Waals surface area contributed by atoms with Gasteiger partial charge in [0.2, 0.25) is 0 Å². The van der Waals surface area contributed by atoms with Crippen LogP contribution in [0, 0.1) is 24.7 Å². The van der Waals surface area contributed by atoms with Gasteiger partial charge in [-0.2, -0.15) is 0 Å². The summed E-state index contributed by atoms with van der Waals surface area (Å²) in [6.45, 7) is 4.28. The first-order chi connectivity index (χ1) is 10.5. The monoisotopic (exact) mass is 360 g/mol. The summed E-state index contributed by atoms with van der Waals surface area (Å²) in [5, 5.41) is 3.54. The van der Waals surface area contributed by atoms with Crippen molar-refractivity contribution in [3.05, 3.63) is 28.2 Å². The topological polar surface area (TPSA) is 24.4 Å². The standard InChI is InChI=1S/C19H25BrN2/c1-12-5-17(20)3-4-18(12)21-13(2)22-19-9-14-6-15(10-19)8-16(7-14)11-19/h3-5,14-16H,6-11H2,1-2H3,(H,21,22). The van der Waals surface area contributed by atoms with Crippen LogP contribution in [-0.2, 0) is 0 Å². The zero-order chi connectivity index (χ0) is 15.3. The molecule has 0 radical (unpaired) electrons. The maximum atomic E-state index is 5.22. The molecule has 0 atom stereocenters. The van der Waals surface area contributed by atoms with E-state index in [1.807, 2.05) is 0 Å². The molecule has 0 spiro atoms. The van der Waals surface area contributed by atoms with E-state index in [0.29, 0.717) is 0 Å². The van der Waals surface area contributed by atoms with Gasteiger partial charge in [0.15, 0.2) is 0 Å². The third-order valence-corrected chi connectivity index (χ3v) is 6.41. The van der Waals surface area contributed by atoms with Crippen LogP contribution in [0.15, 0.2) is 27.7 Å². The van der Waals surface area contributed by atoms with Gasteiger partial charge in [-0.3, -0.25) is 4.99 Å². The highest BCUT2D eigenvalue weighted by Gasteiger charge is 2.50. The first kappa shape index (κ1) is 14.7. The van der Waals surface area contributed by atoms with Gasteiger partial charge >= 0.3 is 0 Å². The van der Waals surface area contributed by atoms with Gasteiger partial charge in [0.1, 0.15) is 0 Å². The van der Waals surface area contributed by atoms with Gasteiger partial charge in [-0.1, -0.05) is 15.9 Å². The lowest BCUT2D eigenvalue weighted by atomic mass is 9.53. The predicted octanol–water partition coefficient (Wildman–Crippen LogP) is 5.56. The minimum atomic E-state index is 0.259. The fourth-order valence-electron chi connectivity index (χ4n) is 5.55. The summed E-state index contributed by atoms with van der Waals surface area (Å²) in [7, 11) is 0. The molecular formula is C19H25BrN2. The molecule has 0 amide bonds. The highest BCUT2D eigenvalue weighted by molar-refractivity contribution is 9.10. The van der Waals surface area contributed by atoms with Crippen molar-refractivity contribution in [2.45, 2.75) is 57.9 Å². The summed E-state index contributed by atoms with van der Waals surface area (Å²) in [5.41, 5.74) is 2.69. The predicted molar refractivity (Wildman–Crippen MR) is 96.5 cm³/mol. The third kappa shape index (κ3) is 2.73. The second-order valence-corrected chi connectivity index (χ2v) is 8.84. The van der Waals surface area contributed by atoms with Gasteiger partial charge in [0.25, 0.3) is 0 Å². The van der Waals surface area contributed by atoms with Crippen molar-refractivity contribution < 1.29 is 0 Å². The smallest absolute Gasteiger partial charge is 0.0982 e. The molecule has 0 aromatic heterocycles. The van der Waals surface area contributed by atoms with Gasteiger partial charge in [0, 0.05) is 10.2 Å². The van der Waals surface area contributed by atoms with Gasteiger partial charge < -0.3 is 5.32 Å². The van der Waals surface area contributed by atoms with Gasteiger partial charge in [-0.15, -0.1) is 0 Å². The minimum Gasteiger partial charge on any atom is -0.344 e. The van der Waals surface area contributed by atoms with E-state index in [1.54, 1.807) is 0 Å². The number of aliphatic imine (C=N–C) groups is 1. The number of hydrogen-bond donors (Lipinski definition) is 1. The zero-order valence-corrected chi connectivity index (χ0v) is 15.1. The van der Waals surface area contributed by atoms with Crippen LogP contribution in [0.5, 0.6) is 0 Å². The zero-order valence-electron chi connectivity index (χ0n) is 13.5. The van der Waals surface area contributed by atoms with Gasteiger partial charge in [0.05, 0.1) is 11.4 Å². The normalized spacial score (nSPS) is 36.7. The Bertz CT molecular complexity index is 585. The molecule has 4 aliphatic rings. The Morgan fingerprint density at radius 3 is 2.27 bits per heavy atom. The molecule has 22 heavy (non-hydrogen) atoms. The van der Waals surface area contributed by atoms with Crippen LogP contribution in [0.1, 0.15) is 51.0 Å². The van der Waals surface area contributed by atoms with Crippen molar-refractivity contribution in [2.75, 3.05) is 5.32 Å². The molecule has 0 aliphatic heterocycles. The molecule has 1 aromatic carbocycles. The number of benzene rings is 1. The lowest BCUT2D eigenvalue weighted by Gasteiger charge is -2.55. The second kappa shape index (κ2) is 5.36. The van der Waals surface area contributed by atoms with Gasteiger partial charge in [-0.05, 0) is 93.9 Å². The number of nitrogens with one attached hydrogen (secondary N) is 1. The molecule has 118 valence electrons. The van der Waals surface area contributed by atoms with Crippen LogP contribution in [0.3, 0.4) is 0 Å². The SMILES string of the molecule is CC(=NC12CC3CC(CC(C3)C1)C2)Nc1ccc(Br)cc1C.